The zero-order valence-corrected chi connectivity index (χ0v) is 22.0. The van der Waals surface area contributed by atoms with Gasteiger partial charge in [-0.2, -0.15) is 8.42 Å². The number of ether oxygens (including phenoxy) is 1. The Bertz CT molecular complexity index is 850. The zero-order valence-electron chi connectivity index (χ0n) is 18.1. The van der Waals surface area contributed by atoms with Crippen LogP contribution in [-0.4, -0.2) is 13.0 Å². The van der Waals surface area contributed by atoms with Gasteiger partial charge in [0.1, 0.15) is 11.5 Å². The maximum Gasteiger partial charge on any atom is 1.00 e. The molecule has 2 aromatic rings. The number of aryl methyl sites for hydroxylation is 1. The van der Waals surface area contributed by atoms with Crippen molar-refractivity contribution in [1.29, 1.82) is 0 Å². The van der Waals surface area contributed by atoms with Crippen LogP contribution in [0.15, 0.2) is 47.4 Å². The summed E-state index contributed by atoms with van der Waals surface area (Å²) in [7, 11) is -4.33. The molecule has 0 saturated heterocycles. The first-order chi connectivity index (χ1) is 13.9. The molecule has 1 N–H and O–H groups in total. The summed E-state index contributed by atoms with van der Waals surface area (Å²) in [6.45, 7) is 2.22. The van der Waals surface area contributed by atoms with Crippen molar-refractivity contribution in [3.8, 4) is 17.2 Å². The van der Waals surface area contributed by atoms with Crippen molar-refractivity contribution in [3.63, 3.8) is 0 Å². The van der Waals surface area contributed by atoms with Crippen molar-refractivity contribution in [2.75, 3.05) is 0 Å². The van der Waals surface area contributed by atoms with Gasteiger partial charge < -0.3 is 9.84 Å². The molecule has 0 atom stereocenters. The molecule has 0 aliphatic carbocycles. The minimum Gasteiger partial charge on any atom is -0.872 e. The summed E-state index contributed by atoms with van der Waals surface area (Å²) < 4.78 is 38.4. The summed E-state index contributed by atoms with van der Waals surface area (Å²) in [5.41, 5.74) is 0.804. The van der Waals surface area contributed by atoms with E-state index in [1.165, 1.54) is 81.3 Å². The van der Waals surface area contributed by atoms with E-state index in [1.807, 2.05) is 0 Å². The molecule has 160 valence electrons. The van der Waals surface area contributed by atoms with Crippen LogP contribution in [-0.2, 0) is 16.5 Å². The first kappa shape index (κ1) is 27.6. The first-order valence-electron chi connectivity index (χ1n) is 10.4. The van der Waals surface area contributed by atoms with Gasteiger partial charge in [0.25, 0.3) is 10.1 Å². The molecule has 0 unspecified atom stereocenters. The Morgan fingerprint density at radius 2 is 1.40 bits per heavy atom. The molecule has 0 aliphatic heterocycles. The summed E-state index contributed by atoms with van der Waals surface area (Å²) in [5, 5.41) is 11.2. The monoisotopic (exact) mass is 458 g/mol. The molecule has 7 heteroatoms. The molecule has 0 bridgehead atoms. The van der Waals surface area contributed by atoms with Gasteiger partial charge in [-0.15, -0.1) is 5.75 Å². The summed E-state index contributed by atoms with van der Waals surface area (Å²) >= 11 is 0. The number of hydrogen-bond donors (Lipinski definition) is 1. The van der Waals surface area contributed by atoms with Crippen molar-refractivity contribution in [1.82, 2.24) is 0 Å². The van der Waals surface area contributed by atoms with E-state index in [4.69, 9.17) is 4.74 Å². The molecule has 0 spiro atoms. The van der Waals surface area contributed by atoms with Gasteiger partial charge in [0.15, 0.2) is 0 Å². The van der Waals surface area contributed by atoms with E-state index in [0.29, 0.717) is 11.5 Å². The van der Waals surface area contributed by atoms with E-state index in [9.17, 15) is 18.1 Å². The molecule has 2 rings (SSSR count). The average molecular weight is 459 g/mol. The zero-order chi connectivity index (χ0) is 21.1. The van der Waals surface area contributed by atoms with Crippen LogP contribution in [0, 0.1) is 0 Å². The van der Waals surface area contributed by atoms with Crippen LogP contribution in [0.5, 0.6) is 17.2 Å². The standard InChI is InChI=1S/C23H32O5S.K/c1-2-3-4-5-6-7-8-9-10-11-19-16-22(18-23(17-19)29(25,26)27)28-21-14-12-20(24)13-15-21;/h12-18,24H,2-11H2,1H3,(H,25,26,27);/q;+1/p-1. The Labute approximate surface area is 223 Å². The summed E-state index contributed by atoms with van der Waals surface area (Å²) in [6.07, 6.45) is 11.6. The Morgan fingerprint density at radius 3 is 1.97 bits per heavy atom. The molecule has 0 amide bonds. The molecule has 30 heavy (non-hydrogen) atoms. The quantitative estimate of drug-likeness (QED) is 0.283. The van der Waals surface area contributed by atoms with Crippen LogP contribution in [0.25, 0.3) is 0 Å². The SMILES string of the molecule is CCCCCCCCCCCc1cc(Oc2ccc([O-])cc2)cc(S(=O)(=O)O)c1.[K+]. The Kier molecular flexibility index (Phi) is 13.5. The van der Waals surface area contributed by atoms with Crippen molar-refractivity contribution in [3.05, 3.63) is 48.0 Å². The van der Waals surface area contributed by atoms with Crippen molar-refractivity contribution in [2.45, 2.75) is 76.0 Å². The van der Waals surface area contributed by atoms with E-state index < -0.39 is 10.1 Å². The third kappa shape index (κ3) is 10.8. The van der Waals surface area contributed by atoms with Gasteiger partial charge in [-0.05, 0) is 42.7 Å². The van der Waals surface area contributed by atoms with E-state index in [0.717, 1.165) is 24.8 Å². The second-order valence-electron chi connectivity index (χ2n) is 7.44. The third-order valence-electron chi connectivity index (χ3n) is 4.87. The average Bonchev–Trinajstić information content (AvgIpc) is 2.68. The van der Waals surface area contributed by atoms with Gasteiger partial charge in [-0.25, -0.2) is 0 Å². The van der Waals surface area contributed by atoms with Gasteiger partial charge >= 0.3 is 51.4 Å². The summed E-state index contributed by atoms with van der Waals surface area (Å²) in [6, 6.07) is 10.4. The van der Waals surface area contributed by atoms with Gasteiger partial charge in [-0.3, -0.25) is 4.55 Å². The first-order valence-corrected chi connectivity index (χ1v) is 11.9. The van der Waals surface area contributed by atoms with Gasteiger partial charge in [0.2, 0.25) is 0 Å². The van der Waals surface area contributed by atoms with E-state index in [1.54, 1.807) is 6.07 Å². The Hall–Kier alpha value is -0.414. The van der Waals surface area contributed by atoms with Gasteiger partial charge in [0, 0.05) is 6.07 Å². The minimum absolute atomic E-state index is 0. The smallest absolute Gasteiger partial charge is 0.872 e. The molecule has 0 fully saturated rings. The maximum absolute atomic E-state index is 11.6. The van der Waals surface area contributed by atoms with Gasteiger partial charge in [0.05, 0.1) is 4.90 Å². The van der Waals surface area contributed by atoms with Crippen molar-refractivity contribution >= 4 is 10.1 Å². The number of unbranched alkanes of at least 4 members (excludes halogenated alkanes) is 8. The topological polar surface area (TPSA) is 86.7 Å². The van der Waals surface area contributed by atoms with Crippen molar-refractivity contribution in [2.24, 2.45) is 0 Å². The molecular formula is C23H31KO5S. The van der Waals surface area contributed by atoms with Crippen LogP contribution in [0.4, 0.5) is 0 Å². The molecule has 2 aromatic carbocycles. The van der Waals surface area contributed by atoms with Crippen molar-refractivity contribution < 1.29 is 74.2 Å². The van der Waals surface area contributed by atoms with Crippen LogP contribution in [0.3, 0.4) is 0 Å². The molecular weight excluding hydrogens is 427 g/mol. The van der Waals surface area contributed by atoms with E-state index in [2.05, 4.69) is 6.92 Å². The fourth-order valence-corrected chi connectivity index (χ4v) is 3.83. The number of hydrogen-bond acceptors (Lipinski definition) is 4. The van der Waals surface area contributed by atoms with Crippen LogP contribution in [0.2, 0.25) is 0 Å². The molecule has 0 heterocycles. The molecule has 0 aliphatic rings. The summed E-state index contributed by atoms with van der Waals surface area (Å²) in [4.78, 5) is -0.179. The van der Waals surface area contributed by atoms with Crippen LogP contribution in [0.1, 0.15) is 70.3 Å². The van der Waals surface area contributed by atoms with Crippen LogP contribution < -0.4 is 61.2 Å². The second-order valence-corrected chi connectivity index (χ2v) is 8.86. The summed E-state index contributed by atoms with van der Waals surface area (Å²) in [5.74, 6) is 0.630. The second kappa shape index (κ2) is 14.6. The fraction of sp³-hybridized carbons (Fsp3) is 0.478. The molecule has 0 aromatic heterocycles. The minimum atomic E-state index is -4.33. The Balaban J connectivity index is 0.00000450. The fourth-order valence-electron chi connectivity index (χ4n) is 3.27. The predicted molar refractivity (Wildman–Crippen MR) is 113 cm³/mol. The normalized spacial score (nSPS) is 11.1. The predicted octanol–water partition coefficient (Wildman–Crippen LogP) is 2.88. The third-order valence-corrected chi connectivity index (χ3v) is 5.70. The number of rotatable bonds is 13. The maximum atomic E-state index is 11.6. The van der Waals surface area contributed by atoms with Crippen LogP contribution >= 0.6 is 0 Å². The number of benzene rings is 2. The Morgan fingerprint density at radius 1 is 0.833 bits per heavy atom. The molecule has 5 nitrogen and oxygen atoms in total. The largest absolute Gasteiger partial charge is 1.00 e. The van der Waals surface area contributed by atoms with E-state index >= 15 is 0 Å². The van der Waals surface area contributed by atoms with Gasteiger partial charge in [-0.1, -0.05) is 70.4 Å². The van der Waals surface area contributed by atoms with E-state index in [-0.39, 0.29) is 62.0 Å². The molecule has 0 radical (unpaired) electrons. The molecule has 0 saturated carbocycles.